The molecule has 0 unspecified atom stereocenters. The summed E-state index contributed by atoms with van der Waals surface area (Å²) in [5.41, 5.74) is -0.533. The second-order valence-corrected chi connectivity index (χ2v) is 12.6. The summed E-state index contributed by atoms with van der Waals surface area (Å²) in [5, 5.41) is 0. The molecule has 2 aliphatic rings. The Morgan fingerprint density at radius 2 is 1.93 bits per heavy atom. The van der Waals surface area contributed by atoms with Crippen LogP contribution in [0.2, 0.25) is 0 Å². The van der Waals surface area contributed by atoms with Gasteiger partial charge in [-0.05, 0) is 69.0 Å². The Bertz CT molecular complexity index is 1510. The van der Waals surface area contributed by atoms with Gasteiger partial charge in [0.15, 0.2) is 4.90 Å². The molecule has 0 aliphatic carbocycles. The quantitative estimate of drug-likeness (QED) is 0.325. The molecule has 2 aliphatic heterocycles. The molecule has 2 fully saturated rings. The van der Waals surface area contributed by atoms with Crippen LogP contribution in [-0.4, -0.2) is 68.2 Å². The number of hydrogen-bond donors (Lipinski definition) is 1. The van der Waals surface area contributed by atoms with E-state index in [2.05, 4.69) is 19.6 Å². The molecule has 0 spiro atoms. The Kier molecular flexibility index (Phi) is 8.91. The molecule has 232 valence electrons. The third-order valence-corrected chi connectivity index (χ3v) is 9.73. The van der Waals surface area contributed by atoms with Gasteiger partial charge in [-0.15, -0.1) is 0 Å². The first kappa shape index (κ1) is 31.1. The van der Waals surface area contributed by atoms with E-state index >= 15 is 8.78 Å². The first-order chi connectivity index (χ1) is 20.4. The lowest BCUT2D eigenvalue weighted by Crippen LogP contribution is -2.60. The summed E-state index contributed by atoms with van der Waals surface area (Å²) >= 11 is 0. The molecule has 3 heterocycles. The summed E-state index contributed by atoms with van der Waals surface area (Å²) < 4.78 is 104. The van der Waals surface area contributed by atoms with Crippen LogP contribution in [0.15, 0.2) is 59.9 Å². The van der Waals surface area contributed by atoms with Crippen molar-refractivity contribution in [3.8, 4) is 0 Å². The lowest BCUT2D eigenvalue weighted by molar-refractivity contribution is -0.137. The van der Waals surface area contributed by atoms with Gasteiger partial charge in [0.05, 0.1) is 12.2 Å². The van der Waals surface area contributed by atoms with Crippen LogP contribution in [0, 0.1) is 11.6 Å². The Balaban J connectivity index is 1.42. The summed E-state index contributed by atoms with van der Waals surface area (Å²) in [4.78, 5) is 10.3. The van der Waals surface area contributed by atoms with Crippen molar-refractivity contribution in [2.75, 3.05) is 43.0 Å². The number of likely N-dealkylation sites (N-methyl/N-ethyl adjacent to an activating group) is 1. The highest BCUT2D eigenvalue weighted by Crippen LogP contribution is 2.38. The normalized spacial score (nSPS) is 21.4. The van der Waals surface area contributed by atoms with E-state index in [0.29, 0.717) is 51.1 Å². The topological polar surface area (TPSA) is 87.7 Å². The zero-order valence-electron chi connectivity index (χ0n) is 23.4. The standard InChI is InChI=1S/C29H32F5N5O3S/c1-38(22-8-13-42-17-22)28(10-6-20-4-2-5-21(14-20)29(32,33)34)9-3-12-39(18-28)23-15-24(30)27(25(31)16-23)43(40,41)37-26-7-11-35-19-36-26/h2,4-5,7,11,14-16,19,22H,3,6,8-10,12-13,17-18H2,1H3,(H,35,36,37)/t22-,28-/m0/s1. The summed E-state index contributed by atoms with van der Waals surface area (Å²) in [6, 6.07) is 8.59. The highest BCUT2D eigenvalue weighted by Gasteiger charge is 2.43. The van der Waals surface area contributed by atoms with Crippen molar-refractivity contribution in [2.45, 2.75) is 54.8 Å². The van der Waals surface area contributed by atoms with Crippen LogP contribution < -0.4 is 9.62 Å². The van der Waals surface area contributed by atoms with Crippen LogP contribution in [-0.2, 0) is 27.4 Å². The second-order valence-electron chi connectivity index (χ2n) is 11.0. The molecule has 14 heteroatoms. The maximum atomic E-state index is 15.3. The molecule has 0 radical (unpaired) electrons. The van der Waals surface area contributed by atoms with Gasteiger partial charge < -0.3 is 9.64 Å². The summed E-state index contributed by atoms with van der Waals surface area (Å²) in [6.45, 7) is 1.91. The molecular formula is C29H32F5N5O3S. The van der Waals surface area contributed by atoms with E-state index in [1.165, 1.54) is 18.3 Å². The van der Waals surface area contributed by atoms with E-state index in [1.807, 2.05) is 11.9 Å². The number of piperidine rings is 1. The predicted molar refractivity (Wildman–Crippen MR) is 150 cm³/mol. The summed E-state index contributed by atoms with van der Waals surface area (Å²) in [5.74, 6) is -2.65. The van der Waals surface area contributed by atoms with Crippen molar-refractivity contribution >= 4 is 21.5 Å². The van der Waals surface area contributed by atoms with Gasteiger partial charge in [-0.3, -0.25) is 9.62 Å². The van der Waals surface area contributed by atoms with Crippen molar-refractivity contribution in [2.24, 2.45) is 0 Å². The van der Waals surface area contributed by atoms with E-state index in [1.54, 1.807) is 6.07 Å². The summed E-state index contributed by atoms with van der Waals surface area (Å²) in [7, 11) is -2.67. The largest absolute Gasteiger partial charge is 0.416 e. The fraction of sp³-hybridized carbons (Fsp3) is 0.448. The Hall–Kier alpha value is -3.36. The van der Waals surface area contributed by atoms with E-state index < -0.39 is 43.8 Å². The van der Waals surface area contributed by atoms with Crippen molar-refractivity contribution < 1.29 is 35.1 Å². The Morgan fingerprint density at radius 3 is 2.58 bits per heavy atom. The molecule has 8 nitrogen and oxygen atoms in total. The van der Waals surface area contributed by atoms with Crippen molar-refractivity contribution in [3.05, 3.63) is 77.8 Å². The number of alkyl halides is 3. The molecule has 43 heavy (non-hydrogen) atoms. The van der Waals surface area contributed by atoms with E-state index in [-0.39, 0.29) is 17.5 Å². The maximum Gasteiger partial charge on any atom is 0.416 e. The predicted octanol–water partition coefficient (Wildman–Crippen LogP) is 5.27. The van der Waals surface area contributed by atoms with Gasteiger partial charge in [-0.25, -0.2) is 27.2 Å². The molecule has 1 N–H and O–H groups in total. The number of hydrogen-bond acceptors (Lipinski definition) is 7. The lowest BCUT2D eigenvalue weighted by atomic mass is 9.80. The molecule has 2 saturated heterocycles. The number of nitrogens with zero attached hydrogens (tertiary/aromatic N) is 4. The van der Waals surface area contributed by atoms with Crippen molar-refractivity contribution in [3.63, 3.8) is 0 Å². The highest BCUT2D eigenvalue weighted by atomic mass is 32.2. The SMILES string of the molecule is CN([C@H]1CCOC1)[C@]1(CCc2cccc(C(F)(F)F)c2)CCCN(c2cc(F)c(S(=O)(=O)Nc3ccncn3)c(F)c2)C1. The molecule has 0 saturated carbocycles. The molecule has 0 amide bonds. The van der Waals surface area contributed by atoms with Gasteiger partial charge in [0.1, 0.15) is 23.8 Å². The third-order valence-electron chi connectivity index (χ3n) is 8.33. The fourth-order valence-corrected chi connectivity index (χ4v) is 7.15. The molecule has 0 bridgehead atoms. The van der Waals surface area contributed by atoms with Gasteiger partial charge in [-0.2, -0.15) is 13.2 Å². The zero-order chi connectivity index (χ0) is 30.8. The number of anilines is 2. The van der Waals surface area contributed by atoms with Crippen molar-refractivity contribution in [1.82, 2.24) is 14.9 Å². The zero-order valence-corrected chi connectivity index (χ0v) is 24.3. The van der Waals surface area contributed by atoms with Crippen LogP contribution in [0.5, 0.6) is 0 Å². The number of rotatable bonds is 9. The second kappa shape index (κ2) is 12.3. The average molecular weight is 626 g/mol. The minimum Gasteiger partial charge on any atom is -0.380 e. The number of benzene rings is 2. The number of halogens is 5. The van der Waals surface area contributed by atoms with Crippen LogP contribution in [0.25, 0.3) is 0 Å². The number of aromatic nitrogens is 2. The van der Waals surface area contributed by atoms with E-state index in [4.69, 9.17) is 4.74 Å². The van der Waals surface area contributed by atoms with E-state index in [9.17, 15) is 21.6 Å². The first-order valence-corrected chi connectivity index (χ1v) is 15.4. The van der Waals surface area contributed by atoms with Crippen molar-refractivity contribution in [1.29, 1.82) is 0 Å². The van der Waals surface area contributed by atoms with Crippen LogP contribution in [0.4, 0.5) is 33.5 Å². The van der Waals surface area contributed by atoms with Gasteiger partial charge in [-0.1, -0.05) is 18.2 Å². The van der Waals surface area contributed by atoms with Crippen LogP contribution >= 0.6 is 0 Å². The average Bonchev–Trinajstić information content (AvgIpc) is 3.50. The first-order valence-electron chi connectivity index (χ1n) is 13.9. The molecular weight excluding hydrogens is 593 g/mol. The van der Waals surface area contributed by atoms with Gasteiger partial charge >= 0.3 is 6.18 Å². The number of nitrogens with one attached hydrogen (secondary N) is 1. The minimum atomic E-state index is -4.63. The maximum absolute atomic E-state index is 15.3. The smallest absolute Gasteiger partial charge is 0.380 e. The minimum absolute atomic E-state index is 0.0790. The molecule has 2 atom stereocenters. The van der Waals surface area contributed by atoms with Crippen LogP contribution in [0.1, 0.15) is 36.8 Å². The van der Waals surface area contributed by atoms with Crippen LogP contribution in [0.3, 0.4) is 0 Å². The Morgan fingerprint density at radius 1 is 1.16 bits per heavy atom. The Labute approximate surface area is 246 Å². The third kappa shape index (κ3) is 6.91. The number of ether oxygens (including phenoxy) is 1. The summed E-state index contributed by atoms with van der Waals surface area (Å²) in [6.07, 6.45) is 0.947. The number of aryl methyl sites for hydroxylation is 1. The van der Waals surface area contributed by atoms with Gasteiger partial charge in [0.2, 0.25) is 0 Å². The fourth-order valence-electron chi connectivity index (χ4n) is 6.02. The molecule has 3 aromatic rings. The number of sulfonamides is 1. The lowest BCUT2D eigenvalue weighted by Gasteiger charge is -2.51. The monoisotopic (exact) mass is 625 g/mol. The van der Waals surface area contributed by atoms with E-state index in [0.717, 1.165) is 43.4 Å². The molecule has 1 aromatic heterocycles. The highest BCUT2D eigenvalue weighted by molar-refractivity contribution is 7.92. The molecule has 2 aromatic carbocycles. The molecule has 5 rings (SSSR count). The van der Waals surface area contributed by atoms with Gasteiger partial charge in [0.25, 0.3) is 10.0 Å². The van der Waals surface area contributed by atoms with Gasteiger partial charge in [0, 0.05) is 43.2 Å².